The molecule has 4 heteroatoms. The van der Waals surface area contributed by atoms with E-state index >= 15 is 0 Å². The van der Waals surface area contributed by atoms with Gasteiger partial charge in [-0.2, -0.15) is 0 Å². The number of phenolic OH excluding ortho intramolecular Hbond substituents is 1. The molecule has 1 N–H and O–H groups in total. The fraction of sp³-hybridized carbons (Fsp3) is 0.0400. The Labute approximate surface area is 169 Å². The Morgan fingerprint density at radius 1 is 0.517 bits per heavy atom. The molecule has 0 atom stereocenters. The minimum Gasteiger partial charge on any atom is -0.504 e. The molecule has 0 radical (unpaired) electrons. The zero-order valence-electron chi connectivity index (χ0n) is 15.9. The van der Waals surface area contributed by atoms with Crippen LogP contribution in [0.1, 0.15) is 5.56 Å². The third-order valence-electron chi connectivity index (χ3n) is 4.25. The van der Waals surface area contributed by atoms with Crippen molar-refractivity contribution >= 4 is 0 Å². The summed E-state index contributed by atoms with van der Waals surface area (Å²) in [6.07, 6.45) is 0. The lowest BCUT2D eigenvalue weighted by Gasteiger charge is -2.19. The molecule has 0 unspecified atom stereocenters. The van der Waals surface area contributed by atoms with Gasteiger partial charge in [0.1, 0.15) is 17.2 Å². The summed E-state index contributed by atoms with van der Waals surface area (Å²) in [7, 11) is 0. The molecule has 4 aromatic rings. The van der Waals surface area contributed by atoms with Gasteiger partial charge in [-0.15, -0.1) is 0 Å². The van der Waals surface area contributed by atoms with E-state index in [2.05, 4.69) is 0 Å². The number of hydrogen-bond acceptors (Lipinski definition) is 4. The quantitative estimate of drug-likeness (QED) is 0.386. The van der Waals surface area contributed by atoms with Crippen LogP contribution in [-0.4, -0.2) is 5.11 Å². The molecule has 0 fully saturated rings. The zero-order valence-corrected chi connectivity index (χ0v) is 15.9. The molecule has 0 aliphatic rings. The van der Waals surface area contributed by atoms with E-state index < -0.39 is 0 Å². The molecule has 0 saturated heterocycles. The van der Waals surface area contributed by atoms with E-state index in [1.54, 1.807) is 6.07 Å². The highest BCUT2D eigenvalue weighted by atomic mass is 16.5. The van der Waals surface area contributed by atoms with Crippen LogP contribution in [0.2, 0.25) is 0 Å². The Kier molecular flexibility index (Phi) is 5.34. The third kappa shape index (κ3) is 4.33. The maximum Gasteiger partial charge on any atom is 0.216 e. The lowest BCUT2D eigenvalue weighted by Crippen LogP contribution is -1.97. The molecule has 4 nitrogen and oxygen atoms in total. The number of hydrogen-bond donors (Lipinski definition) is 1. The maximum absolute atomic E-state index is 10.6. The van der Waals surface area contributed by atoms with Crippen molar-refractivity contribution in [1.82, 2.24) is 0 Å². The van der Waals surface area contributed by atoms with Crippen molar-refractivity contribution in [2.24, 2.45) is 0 Å². The number of para-hydroxylation sites is 3. The van der Waals surface area contributed by atoms with Crippen molar-refractivity contribution in [3.05, 3.63) is 103 Å². The zero-order chi connectivity index (χ0) is 20.1. The Morgan fingerprint density at radius 2 is 0.897 bits per heavy atom. The van der Waals surface area contributed by atoms with E-state index in [4.69, 9.17) is 14.2 Å². The summed E-state index contributed by atoms with van der Waals surface area (Å²) in [5, 5.41) is 10.6. The average Bonchev–Trinajstić information content (AvgIpc) is 2.76. The molecule has 0 aliphatic carbocycles. The summed E-state index contributed by atoms with van der Waals surface area (Å²) in [6.45, 7) is 1.85. The Bertz CT molecular complexity index is 1010. The minimum atomic E-state index is -0.0299. The average molecular weight is 384 g/mol. The van der Waals surface area contributed by atoms with Crippen LogP contribution in [0.25, 0.3) is 0 Å². The van der Waals surface area contributed by atoms with Crippen LogP contribution in [0.3, 0.4) is 0 Å². The lowest BCUT2D eigenvalue weighted by molar-refractivity contribution is 0.361. The van der Waals surface area contributed by atoms with Gasteiger partial charge >= 0.3 is 0 Å². The number of aromatic hydroxyl groups is 1. The van der Waals surface area contributed by atoms with Crippen LogP contribution in [0, 0.1) is 6.92 Å². The molecular formula is C25H20O4. The van der Waals surface area contributed by atoms with Gasteiger partial charge in [-0.25, -0.2) is 0 Å². The van der Waals surface area contributed by atoms with Gasteiger partial charge in [-0.05, 0) is 55.0 Å². The van der Waals surface area contributed by atoms with Gasteiger partial charge in [-0.3, -0.25) is 0 Å². The largest absolute Gasteiger partial charge is 0.504 e. The first kappa shape index (κ1) is 18.4. The van der Waals surface area contributed by atoms with Crippen molar-refractivity contribution in [2.75, 3.05) is 0 Å². The van der Waals surface area contributed by atoms with Gasteiger partial charge in [0.05, 0.1) is 0 Å². The van der Waals surface area contributed by atoms with Gasteiger partial charge in [-0.1, -0.05) is 54.6 Å². The van der Waals surface area contributed by atoms with Crippen molar-refractivity contribution < 1.29 is 19.3 Å². The second-order valence-corrected chi connectivity index (χ2v) is 6.45. The minimum absolute atomic E-state index is 0.0299. The van der Waals surface area contributed by atoms with Crippen LogP contribution in [0.5, 0.6) is 40.2 Å². The first-order valence-corrected chi connectivity index (χ1v) is 9.26. The Balaban J connectivity index is 1.83. The van der Waals surface area contributed by atoms with Crippen molar-refractivity contribution in [3.8, 4) is 40.2 Å². The summed E-state index contributed by atoms with van der Waals surface area (Å²) in [5.41, 5.74) is 0.720. The third-order valence-corrected chi connectivity index (χ3v) is 4.25. The van der Waals surface area contributed by atoms with Crippen molar-refractivity contribution in [2.45, 2.75) is 6.92 Å². The Hall–Kier alpha value is -3.92. The monoisotopic (exact) mass is 384 g/mol. The van der Waals surface area contributed by atoms with Gasteiger partial charge in [0.15, 0.2) is 11.5 Å². The first-order chi connectivity index (χ1) is 14.2. The predicted octanol–water partition coefficient (Wildman–Crippen LogP) is 7.08. The van der Waals surface area contributed by atoms with E-state index in [9.17, 15) is 5.11 Å². The number of rotatable bonds is 6. The molecule has 29 heavy (non-hydrogen) atoms. The summed E-state index contributed by atoms with van der Waals surface area (Å²) in [4.78, 5) is 0. The fourth-order valence-electron chi connectivity index (χ4n) is 2.87. The second-order valence-electron chi connectivity index (χ2n) is 6.45. The van der Waals surface area contributed by atoms with Gasteiger partial charge < -0.3 is 19.3 Å². The predicted molar refractivity (Wildman–Crippen MR) is 112 cm³/mol. The number of phenols is 1. The van der Waals surface area contributed by atoms with Crippen LogP contribution in [0.4, 0.5) is 0 Å². The highest BCUT2D eigenvalue weighted by Crippen LogP contribution is 2.50. The summed E-state index contributed by atoms with van der Waals surface area (Å²) < 4.78 is 18.3. The molecule has 4 rings (SSSR count). The molecular weight excluding hydrogens is 364 g/mol. The second kappa shape index (κ2) is 8.40. The maximum atomic E-state index is 10.6. The molecule has 0 heterocycles. The normalized spacial score (nSPS) is 10.4. The van der Waals surface area contributed by atoms with E-state index in [-0.39, 0.29) is 11.5 Å². The van der Waals surface area contributed by atoms with Crippen LogP contribution in [-0.2, 0) is 0 Å². The SMILES string of the molecule is Cc1cc(O)c(Oc2ccccc2)c(Oc2ccccc2)c1Oc1ccccc1. The number of aryl methyl sites for hydroxylation is 1. The summed E-state index contributed by atoms with van der Waals surface area (Å²) in [6, 6.07) is 29.6. The topological polar surface area (TPSA) is 47.9 Å². The molecule has 0 aliphatic heterocycles. The highest BCUT2D eigenvalue weighted by Gasteiger charge is 2.23. The summed E-state index contributed by atoms with van der Waals surface area (Å²) in [5.74, 6) is 2.79. The van der Waals surface area contributed by atoms with Crippen molar-refractivity contribution in [1.29, 1.82) is 0 Å². The Morgan fingerprint density at radius 3 is 1.34 bits per heavy atom. The van der Waals surface area contributed by atoms with Gasteiger partial charge in [0, 0.05) is 0 Å². The highest BCUT2D eigenvalue weighted by molar-refractivity contribution is 5.64. The summed E-state index contributed by atoms with van der Waals surface area (Å²) >= 11 is 0. The van der Waals surface area contributed by atoms with E-state index in [1.165, 1.54) is 0 Å². The molecule has 144 valence electrons. The number of ether oxygens (including phenoxy) is 3. The molecule has 0 saturated carbocycles. The number of benzene rings is 4. The van der Waals surface area contributed by atoms with Crippen molar-refractivity contribution in [3.63, 3.8) is 0 Å². The van der Waals surface area contributed by atoms with Gasteiger partial charge in [0.2, 0.25) is 11.5 Å². The van der Waals surface area contributed by atoms with Crippen LogP contribution >= 0.6 is 0 Å². The lowest BCUT2D eigenvalue weighted by atomic mass is 10.1. The van der Waals surface area contributed by atoms with Crippen LogP contribution in [0.15, 0.2) is 97.1 Å². The molecule has 0 spiro atoms. The standard InChI is InChI=1S/C25H20O4/c1-18-17-22(26)24(28-20-13-7-3-8-14-20)25(29-21-15-9-4-10-16-21)23(18)27-19-11-5-2-6-12-19/h2-17,26H,1H3. The fourth-order valence-corrected chi connectivity index (χ4v) is 2.87. The van der Waals surface area contributed by atoms with E-state index in [0.717, 1.165) is 5.56 Å². The van der Waals surface area contributed by atoms with Crippen LogP contribution < -0.4 is 14.2 Å². The molecule has 0 aromatic heterocycles. The van der Waals surface area contributed by atoms with Gasteiger partial charge in [0.25, 0.3) is 0 Å². The molecule has 0 bridgehead atoms. The van der Waals surface area contributed by atoms with E-state index in [0.29, 0.717) is 28.7 Å². The smallest absolute Gasteiger partial charge is 0.216 e. The van der Waals surface area contributed by atoms with E-state index in [1.807, 2.05) is 97.9 Å². The molecule has 0 amide bonds. The first-order valence-electron chi connectivity index (χ1n) is 9.26. The molecule has 4 aromatic carbocycles.